The predicted molar refractivity (Wildman–Crippen MR) is 143 cm³/mol. The molecule has 3 amide bonds. The fraction of sp³-hybridized carbons (Fsp3) is 0.357. The number of benzene rings is 2. The molecule has 1 atom stereocenters. The number of ether oxygens (including phenoxy) is 3. The van der Waals surface area contributed by atoms with Crippen LogP contribution in [0.4, 0.5) is 22.4 Å². The molecule has 0 aliphatic carbocycles. The zero-order valence-electron chi connectivity index (χ0n) is 23.5. The highest BCUT2D eigenvalue weighted by Gasteiger charge is 2.28. The second kappa shape index (κ2) is 14.9. The smallest absolute Gasteiger partial charge is 0.405 e. The summed E-state index contributed by atoms with van der Waals surface area (Å²) in [6.45, 7) is -2.06. The highest BCUT2D eigenvalue weighted by atomic mass is 19.3. The van der Waals surface area contributed by atoms with Crippen LogP contribution in [0.3, 0.4) is 0 Å². The van der Waals surface area contributed by atoms with Gasteiger partial charge in [0.25, 0.3) is 5.91 Å². The standard InChI is InChI=1S/C28H30F4N4O7/c1-15(41-28(33)39)24-23(25(38)34-14-17-7-9-18(29)13-19(17)30)35-26(43-24)16-8-10-20(42-27(31)32)21(12-16)40-11-5-4-6-22(37)36(2)3/h7-10,12-13,15,27H,4-6,11,14H2,1-3H3,(H2,33,39)(H,34,38). The van der Waals surface area contributed by atoms with Crippen molar-refractivity contribution in [3.05, 3.63) is 65.1 Å². The molecule has 1 unspecified atom stereocenters. The third kappa shape index (κ3) is 9.34. The molecule has 11 nitrogen and oxygen atoms in total. The lowest BCUT2D eigenvalue weighted by atomic mass is 10.2. The lowest BCUT2D eigenvalue weighted by Gasteiger charge is -2.13. The molecular formula is C28H30F4N4O7. The molecule has 3 N–H and O–H groups in total. The van der Waals surface area contributed by atoms with Crippen molar-refractivity contribution < 1.29 is 50.6 Å². The summed E-state index contributed by atoms with van der Waals surface area (Å²) in [5.41, 5.74) is 4.93. The maximum Gasteiger partial charge on any atom is 0.405 e. The van der Waals surface area contributed by atoms with Crippen LogP contribution in [0.25, 0.3) is 11.5 Å². The van der Waals surface area contributed by atoms with Crippen molar-refractivity contribution >= 4 is 17.9 Å². The van der Waals surface area contributed by atoms with Crippen molar-refractivity contribution in [2.45, 2.75) is 45.4 Å². The number of hydrogen-bond acceptors (Lipinski definition) is 8. The van der Waals surface area contributed by atoms with E-state index < -0.39 is 36.4 Å². The molecule has 0 saturated carbocycles. The number of rotatable bonds is 14. The monoisotopic (exact) mass is 610 g/mol. The van der Waals surface area contributed by atoms with Crippen LogP contribution < -0.4 is 20.5 Å². The molecule has 0 radical (unpaired) electrons. The Morgan fingerprint density at radius 1 is 1.07 bits per heavy atom. The van der Waals surface area contributed by atoms with E-state index in [1.54, 1.807) is 14.1 Å². The first kappa shape index (κ1) is 32.7. The number of aromatic nitrogens is 1. The van der Waals surface area contributed by atoms with E-state index in [4.69, 9.17) is 19.6 Å². The van der Waals surface area contributed by atoms with Crippen molar-refractivity contribution in [3.8, 4) is 23.0 Å². The van der Waals surface area contributed by atoms with Gasteiger partial charge in [-0.3, -0.25) is 9.59 Å². The Balaban J connectivity index is 1.87. The molecule has 0 spiro atoms. The van der Waals surface area contributed by atoms with Gasteiger partial charge in [0.05, 0.1) is 6.61 Å². The number of primary amides is 1. The van der Waals surface area contributed by atoms with Crippen molar-refractivity contribution in [1.82, 2.24) is 15.2 Å². The summed E-state index contributed by atoms with van der Waals surface area (Å²) in [6.07, 6.45) is -1.16. The van der Waals surface area contributed by atoms with E-state index in [0.717, 1.165) is 12.1 Å². The van der Waals surface area contributed by atoms with E-state index in [2.05, 4.69) is 15.0 Å². The molecular weight excluding hydrogens is 580 g/mol. The minimum atomic E-state index is -3.15. The summed E-state index contributed by atoms with van der Waals surface area (Å²) in [6, 6.07) is 6.66. The molecule has 1 aromatic heterocycles. The fourth-order valence-corrected chi connectivity index (χ4v) is 3.78. The number of nitrogens with two attached hydrogens (primary N) is 1. The van der Waals surface area contributed by atoms with Crippen molar-refractivity contribution in [2.24, 2.45) is 5.73 Å². The molecule has 232 valence electrons. The zero-order valence-corrected chi connectivity index (χ0v) is 23.5. The maximum atomic E-state index is 14.0. The summed E-state index contributed by atoms with van der Waals surface area (Å²) in [4.78, 5) is 41.8. The lowest BCUT2D eigenvalue weighted by molar-refractivity contribution is -0.128. The summed E-state index contributed by atoms with van der Waals surface area (Å²) in [5.74, 6) is -3.35. The van der Waals surface area contributed by atoms with Gasteiger partial charge in [-0.15, -0.1) is 0 Å². The first-order valence-corrected chi connectivity index (χ1v) is 13.0. The minimum Gasteiger partial charge on any atom is -0.490 e. The Morgan fingerprint density at radius 2 is 1.81 bits per heavy atom. The number of oxazole rings is 1. The Bertz CT molecular complexity index is 1450. The molecule has 0 saturated heterocycles. The SMILES string of the molecule is CC(OC(N)=O)c1oc(-c2ccc(OC(F)F)c(OCCCCC(=O)N(C)C)c2)nc1C(=O)NCc1ccc(F)cc1F. The van der Waals surface area contributed by atoms with E-state index in [1.165, 1.54) is 30.0 Å². The summed E-state index contributed by atoms with van der Waals surface area (Å²) >= 11 is 0. The van der Waals surface area contributed by atoms with Crippen LogP contribution in [0.15, 0.2) is 40.8 Å². The van der Waals surface area contributed by atoms with Crippen LogP contribution in [0, 0.1) is 11.6 Å². The van der Waals surface area contributed by atoms with Crippen LogP contribution in [-0.2, 0) is 16.1 Å². The average Bonchev–Trinajstić information content (AvgIpc) is 3.38. The Kier molecular flexibility index (Phi) is 11.3. The quantitative estimate of drug-likeness (QED) is 0.193. The number of amides is 3. The normalized spacial score (nSPS) is 11.6. The highest BCUT2D eigenvalue weighted by molar-refractivity contribution is 5.94. The number of carbonyl (C=O) groups excluding carboxylic acids is 3. The molecule has 2 aromatic carbocycles. The lowest BCUT2D eigenvalue weighted by Crippen LogP contribution is -2.26. The van der Waals surface area contributed by atoms with Crippen LogP contribution in [0.2, 0.25) is 0 Å². The van der Waals surface area contributed by atoms with Crippen LogP contribution >= 0.6 is 0 Å². The number of nitrogens with one attached hydrogen (secondary N) is 1. The third-order valence-electron chi connectivity index (χ3n) is 5.93. The minimum absolute atomic E-state index is 0.0102. The van der Waals surface area contributed by atoms with Gasteiger partial charge in [0.2, 0.25) is 11.8 Å². The summed E-state index contributed by atoms with van der Waals surface area (Å²) in [7, 11) is 3.26. The fourth-order valence-electron chi connectivity index (χ4n) is 3.78. The molecule has 0 fully saturated rings. The number of unbranched alkanes of at least 4 members (excludes halogenated alkanes) is 1. The topological polar surface area (TPSA) is 146 Å². The first-order chi connectivity index (χ1) is 20.3. The first-order valence-electron chi connectivity index (χ1n) is 13.0. The van der Waals surface area contributed by atoms with Crippen LogP contribution in [0.1, 0.15) is 54.1 Å². The van der Waals surface area contributed by atoms with E-state index in [9.17, 15) is 31.9 Å². The highest BCUT2D eigenvalue weighted by Crippen LogP contribution is 2.35. The largest absolute Gasteiger partial charge is 0.490 e. The molecule has 43 heavy (non-hydrogen) atoms. The molecule has 3 rings (SSSR count). The molecule has 3 aromatic rings. The number of nitrogens with zero attached hydrogens (tertiary/aromatic N) is 2. The Labute approximate surface area is 243 Å². The third-order valence-corrected chi connectivity index (χ3v) is 5.93. The van der Waals surface area contributed by atoms with Crippen molar-refractivity contribution in [2.75, 3.05) is 20.7 Å². The maximum absolute atomic E-state index is 14.0. The average molecular weight is 611 g/mol. The van der Waals surface area contributed by atoms with Crippen LogP contribution in [-0.4, -0.2) is 55.1 Å². The number of alkyl halides is 2. The second-order valence-corrected chi connectivity index (χ2v) is 9.36. The number of hydrogen-bond donors (Lipinski definition) is 2. The van der Waals surface area contributed by atoms with Gasteiger partial charge in [0.15, 0.2) is 29.1 Å². The Morgan fingerprint density at radius 3 is 2.47 bits per heavy atom. The van der Waals surface area contributed by atoms with E-state index in [0.29, 0.717) is 18.9 Å². The van der Waals surface area contributed by atoms with Crippen molar-refractivity contribution in [1.29, 1.82) is 0 Å². The molecule has 0 bridgehead atoms. The predicted octanol–water partition coefficient (Wildman–Crippen LogP) is 4.94. The zero-order chi connectivity index (χ0) is 31.7. The molecule has 1 heterocycles. The second-order valence-electron chi connectivity index (χ2n) is 9.36. The van der Waals surface area contributed by atoms with Gasteiger partial charge in [-0.1, -0.05) is 6.07 Å². The molecule has 15 heteroatoms. The van der Waals surface area contributed by atoms with E-state index >= 15 is 0 Å². The van der Waals surface area contributed by atoms with Gasteiger partial charge in [0.1, 0.15) is 11.6 Å². The molecule has 0 aliphatic rings. The van der Waals surface area contributed by atoms with Gasteiger partial charge in [0, 0.05) is 44.3 Å². The van der Waals surface area contributed by atoms with Gasteiger partial charge in [-0.05, 0) is 44.0 Å². The summed E-state index contributed by atoms with van der Waals surface area (Å²) in [5, 5.41) is 2.44. The number of carbonyl (C=O) groups is 3. The van der Waals surface area contributed by atoms with Crippen LogP contribution in [0.5, 0.6) is 11.5 Å². The van der Waals surface area contributed by atoms with E-state index in [-0.39, 0.29) is 65.5 Å². The van der Waals surface area contributed by atoms with Gasteiger partial charge >= 0.3 is 12.7 Å². The van der Waals surface area contributed by atoms with Gasteiger partial charge in [-0.2, -0.15) is 8.78 Å². The van der Waals surface area contributed by atoms with Gasteiger partial charge in [-0.25, -0.2) is 18.6 Å². The van der Waals surface area contributed by atoms with E-state index in [1.807, 2.05) is 0 Å². The molecule has 0 aliphatic heterocycles. The summed E-state index contributed by atoms with van der Waals surface area (Å²) < 4.78 is 74.2. The Hall–Kier alpha value is -4.82. The van der Waals surface area contributed by atoms with Gasteiger partial charge < -0.3 is 34.6 Å². The number of halogens is 4. The van der Waals surface area contributed by atoms with Crippen molar-refractivity contribution in [3.63, 3.8) is 0 Å².